The normalized spacial score (nSPS) is 13.7. The van der Waals surface area contributed by atoms with Gasteiger partial charge in [-0.3, -0.25) is 0 Å². The second-order valence-corrected chi connectivity index (χ2v) is 4.11. The Balaban J connectivity index is 3.76. The Morgan fingerprint density at radius 2 is 2.00 bits per heavy atom. The van der Waals surface area contributed by atoms with Gasteiger partial charge in [0.15, 0.2) is 0 Å². The van der Waals surface area contributed by atoms with Crippen molar-refractivity contribution in [3.63, 3.8) is 0 Å². The van der Waals surface area contributed by atoms with E-state index in [1.54, 1.807) is 6.20 Å². The minimum Gasteiger partial charge on any atom is -0.403 e. The van der Waals surface area contributed by atoms with Gasteiger partial charge in [0.25, 0.3) is 0 Å². The fourth-order valence-corrected chi connectivity index (χ4v) is 1.35. The highest BCUT2D eigenvalue weighted by molar-refractivity contribution is 4.81. The van der Waals surface area contributed by atoms with Crippen LogP contribution in [0.1, 0.15) is 40.5 Å². The minimum absolute atomic E-state index is 0.326. The van der Waals surface area contributed by atoms with Crippen molar-refractivity contribution in [2.24, 2.45) is 5.73 Å². The SMILES string of the molecule is CCC(C)N(/C=C\N)CCCOC(C)C. The Labute approximate surface area is 94.3 Å². The van der Waals surface area contributed by atoms with Crippen LogP contribution < -0.4 is 5.73 Å². The van der Waals surface area contributed by atoms with Crippen LogP contribution >= 0.6 is 0 Å². The van der Waals surface area contributed by atoms with Crippen molar-refractivity contribution >= 4 is 0 Å². The monoisotopic (exact) mass is 214 g/mol. The van der Waals surface area contributed by atoms with Crippen molar-refractivity contribution in [2.75, 3.05) is 13.2 Å². The molecule has 3 heteroatoms. The van der Waals surface area contributed by atoms with Gasteiger partial charge >= 0.3 is 0 Å². The van der Waals surface area contributed by atoms with Crippen molar-refractivity contribution in [1.82, 2.24) is 4.90 Å². The molecule has 0 bridgehead atoms. The number of nitrogens with zero attached hydrogens (tertiary/aromatic N) is 1. The van der Waals surface area contributed by atoms with E-state index in [2.05, 4.69) is 32.6 Å². The van der Waals surface area contributed by atoms with Crippen molar-refractivity contribution < 1.29 is 4.74 Å². The van der Waals surface area contributed by atoms with Gasteiger partial charge in [0.05, 0.1) is 6.10 Å². The third kappa shape index (κ3) is 7.25. The van der Waals surface area contributed by atoms with Gasteiger partial charge in [-0.05, 0) is 33.6 Å². The van der Waals surface area contributed by atoms with Crippen LogP contribution in [-0.4, -0.2) is 30.2 Å². The van der Waals surface area contributed by atoms with Gasteiger partial charge < -0.3 is 15.4 Å². The zero-order valence-corrected chi connectivity index (χ0v) is 10.6. The second kappa shape index (κ2) is 8.60. The van der Waals surface area contributed by atoms with E-state index in [0.29, 0.717) is 12.1 Å². The highest BCUT2D eigenvalue weighted by Gasteiger charge is 2.06. The third-order valence-corrected chi connectivity index (χ3v) is 2.45. The molecule has 0 spiro atoms. The standard InChI is InChI=1S/C12H26N2O/c1-5-12(4)14(9-7-13)8-6-10-15-11(2)3/h7,9,11-12H,5-6,8,10,13H2,1-4H3/b9-7-. The summed E-state index contributed by atoms with van der Waals surface area (Å²) in [6, 6.07) is 0.545. The first-order chi connectivity index (χ1) is 7.11. The molecule has 0 rings (SSSR count). The highest BCUT2D eigenvalue weighted by atomic mass is 16.5. The lowest BCUT2D eigenvalue weighted by Gasteiger charge is -2.26. The van der Waals surface area contributed by atoms with Gasteiger partial charge in [-0.1, -0.05) is 6.92 Å². The van der Waals surface area contributed by atoms with Crippen LogP contribution in [-0.2, 0) is 4.74 Å². The Hall–Kier alpha value is -0.700. The van der Waals surface area contributed by atoms with E-state index >= 15 is 0 Å². The fourth-order valence-electron chi connectivity index (χ4n) is 1.35. The minimum atomic E-state index is 0.326. The predicted octanol–water partition coefficient (Wildman–Crippen LogP) is 2.33. The summed E-state index contributed by atoms with van der Waals surface area (Å²) in [4.78, 5) is 2.27. The molecule has 1 unspecified atom stereocenters. The molecule has 0 fully saturated rings. The summed E-state index contributed by atoms with van der Waals surface area (Å²) in [5.74, 6) is 0. The molecule has 0 aromatic heterocycles. The lowest BCUT2D eigenvalue weighted by atomic mass is 10.2. The molecule has 0 aromatic carbocycles. The van der Waals surface area contributed by atoms with Crippen LogP contribution in [0.5, 0.6) is 0 Å². The number of hydrogen-bond donors (Lipinski definition) is 1. The van der Waals surface area contributed by atoms with Crippen LogP contribution in [0.15, 0.2) is 12.4 Å². The summed E-state index contributed by atoms with van der Waals surface area (Å²) in [7, 11) is 0. The maximum atomic E-state index is 5.50. The predicted molar refractivity (Wildman–Crippen MR) is 65.5 cm³/mol. The van der Waals surface area contributed by atoms with E-state index in [-0.39, 0.29) is 0 Å². The molecular weight excluding hydrogens is 188 g/mol. The third-order valence-electron chi connectivity index (χ3n) is 2.45. The summed E-state index contributed by atoms with van der Waals surface area (Å²) in [5, 5.41) is 0. The average Bonchev–Trinajstić information content (AvgIpc) is 2.21. The second-order valence-electron chi connectivity index (χ2n) is 4.11. The lowest BCUT2D eigenvalue weighted by molar-refractivity contribution is 0.0713. The first-order valence-corrected chi connectivity index (χ1v) is 5.87. The Morgan fingerprint density at radius 3 is 2.47 bits per heavy atom. The summed E-state index contributed by atoms with van der Waals surface area (Å²) < 4.78 is 5.50. The molecule has 0 aromatic rings. The van der Waals surface area contributed by atoms with Gasteiger partial charge in [-0.2, -0.15) is 0 Å². The average molecular weight is 214 g/mol. The lowest BCUT2D eigenvalue weighted by Crippen LogP contribution is -2.29. The maximum absolute atomic E-state index is 5.50. The van der Waals surface area contributed by atoms with Crippen LogP contribution in [0.2, 0.25) is 0 Å². The zero-order valence-electron chi connectivity index (χ0n) is 10.6. The molecule has 0 amide bonds. The molecule has 2 N–H and O–H groups in total. The fraction of sp³-hybridized carbons (Fsp3) is 0.833. The molecule has 0 aliphatic rings. The highest BCUT2D eigenvalue weighted by Crippen LogP contribution is 2.05. The summed E-state index contributed by atoms with van der Waals surface area (Å²) >= 11 is 0. The van der Waals surface area contributed by atoms with E-state index in [0.717, 1.165) is 26.0 Å². The largest absolute Gasteiger partial charge is 0.403 e. The smallest absolute Gasteiger partial charge is 0.0518 e. The Morgan fingerprint density at radius 1 is 1.33 bits per heavy atom. The zero-order chi connectivity index (χ0) is 11.7. The molecule has 3 nitrogen and oxygen atoms in total. The van der Waals surface area contributed by atoms with Crippen LogP contribution in [0.4, 0.5) is 0 Å². The maximum Gasteiger partial charge on any atom is 0.0518 e. The van der Waals surface area contributed by atoms with Crippen LogP contribution in [0, 0.1) is 0 Å². The molecule has 0 aliphatic carbocycles. The number of hydrogen-bond acceptors (Lipinski definition) is 3. The quantitative estimate of drug-likeness (QED) is 0.630. The van der Waals surface area contributed by atoms with E-state index in [9.17, 15) is 0 Å². The van der Waals surface area contributed by atoms with Crippen LogP contribution in [0.3, 0.4) is 0 Å². The summed E-state index contributed by atoms with van der Waals surface area (Å²) in [6.07, 6.45) is 6.08. The van der Waals surface area contributed by atoms with Crippen molar-refractivity contribution in [3.05, 3.63) is 12.4 Å². The molecule has 15 heavy (non-hydrogen) atoms. The Kier molecular flexibility index (Phi) is 8.19. The molecule has 90 valence electrons. The number of rotatable bonds is 8. The first kappa shape index (κ1) is 14.3. The Bertz CT molecular complexity index is 169. The van der Waals surface area contributed by atoms with Crippen molar-refractivity contribution in [1.29, 1.82) is 0 Å². The van der Waals surface area contributed by atoms with Gasteiger partial charge in [0.1, 0.15) is 0 Å². The van der Waals surface area contributed by atoms with Gasteiger partial charge in [0.2, 0.25) is 0 Å². The molecule has 1 atom stereocenters. The van der Waals surface area contributed by atoms with E-state index in [1.807, 2.05) is 6.20 Å². The number of ether oxygens (including phenoxy) is 1. The molecule has 0 saturated heterocycles. The molecule has 0 aliphatic heterocycles. The molecule has 0 radical (unpaired) electrons. The van der Waals surface area contributed by atoms with E-state index in [1.165, 1.54) is 0 Å². The number of nitrogens with two attached hydrogens (primary N) is 1. The molecule has 0 heterocycles. The summed E-state index contributed by atoms with van der Waals surface area (Å²) in [6.45, 7) is 10.4. The van der Waals surface area contributed by atoms with E-state index < -0.39 is 0 Å². The van der Waals surface area contributed by atoms with Crippen molar-refractivity contribution in [3.8, 4) is 0 Å². The topological polar surface area (TPSA) is 38.5 Å². The van der Waals surface area contributed by atoms with Crippen molar-refractivity contribution in [2.45, 2.75) is 52.7 Å². The van der Waals surface area contributed by atoms with Gasteiger partial charge in [0, 0.05) is 31.6 Å². The van der Waals surface area contributed by atoms with Crippen LogP contribution in [0.25, 0.3) is 0 Å². The first-order valence-electron chi connectivity index (χ1n) is 5.87. The van der Waals surface area contributed by atoms with Gasteiger partial charge in [-0.25, -0.2) is 0 Å². The van der Waals surface area contributed by atoms with Gasteiger partial charge in [-0.15, -0.1) is 0 Å². The molecule has 0 saturated carbocycles. The van der Waals surface area contributed by atoms with E-state index in [4.69, 9.17) is 10.5 Å². The summed E-state index contributed by atoms with van der Waals surface area (Å²) in [5.41, 5.74) is 5.42. The molecular formula is C12H26N2O.